The monoisotopic (exact) mass is 368 g/mol. The lowest BCUT2D eigenvalue weighted by molar-refractivity contribution is 0.601. The Morgan fingerprint density at radius 1 is 0.889 bits per heavy atom. The Hall–Kier alpha value is -1.13. The third-order valence-electron chi connectivity index (χ3n) is 2.67. The lowest BCUT2D eigenvalue weighted by atomic mass is 10.1. The summed E-state index contributed by atoms with van der Waals surface area (Å²) in [4.78, 5) is 0. The second-order valence-electron chi connectivity index (χ2n) is 3.92. The quantitative estimate of drug-likeness (QED) is 0.531. The first-order chi connectivity index (χ1) is 8.63. The van der Waals surface area contributed by atoms with Crippen molar-refractivity contribution in [3.8, 4) is 11.3 Å². The van der Waals surface area contributed by atoms with Gasteiger partial charge in [0.15, 0.2) is 0 Å². The van der Waals surface area contributed by atoms with Crippen molar-refractivity contribution < 1.29 is 8.81 Å². The molecule has 0 N–H and O–H groups in total. The Bertz CT molecular complexity index is 734. The van der Waals surface area contributed by atoms with Crippen molar-refractivity contribution in [1.82, 2.24) is 0 Å². The summed E-state index contributed by atoms with van der Waals surface area (Å²) < 4.78 is 21.2. The summed E-state index contributed by atoms with van der Waals surface area (Å²) >= 11 is 6.64. The molecule has 0 aliphatic rings. The minimum atomic E-state index is -0.303. The van der Waals surface area contributed by atoms with Gasteiger partial charge in [0.1, 0.15) is 17.2 Å². The van der Waals surface area contributed by atoms with Gasteiger partial charge in [-0.1, -0.05) is 31.9 Å². The molecule has 0 aliphatic carbocycles. The zero-order valence-corrected chi connectivity index (χ0v) is 12.3. The number of hydrogen-bond acceptors (Lipinski definition) is 1. The van der Waals surface area contributed by atoms with Crippen LogP contribution in [0.1, 0.15) is 0 Å². The van der Waals surface area contributed by atoms with Gasteiger partial charge >= 0.3 is 0 Å². The molecule has 0 unspecified atom stereocenters. The molecule has 0 atom stereocenters. The molecule has 1 nitrogen and oxygen atoms in total. The van der Waals surface area contributed by atoms with Crippen LogP contribution in [0.25, 0.3) is 22.3 Å². The first-order valence-electron chi connectivity index (χ1n) is 5.28. The molecule has 2 aromatic carbocycles. The molecule has 3 aromatic rings. The molecule has 0 amide bonds. The van der Waals surface area contributed by atoms with E-state index in [9.17, 15) is 4.39 Å². The van der Waals surface area contributed by atoms with Crippen LogP contribution in [-0.2, 0) is 0 Å². The van der Waals surface area contributed by atoms with Gasteiger partial charge in [-0.15, -0.1) is 0 Å². The number of fused-ring (bicyclic) bond motifs is 1. The predicted molar refractivity (Wildman–Crippen MR) is 77.0 cm³/mol. The number of hydrogen-bond donors (Lipinski definition) is 0. The van der Waals surface area contributed by atoms with Crippen LogP contribution in [0.2, 0.25) is 0 Å². The molecule has 0 saturated carbocycles. The van der Waals surface area contributed by atoms with Gasteiger partial charge in [-0.25, -0.2) is 4.39 Å². The zero-order valence-electron chi connectivity index (χ0n) is 9.08. The first kappa shape index (κ1) is 11.9. The first-order valence-corrected chi connectivity index (χ1v) is 6.86. The summed E-state index contributed by atoms with van der Waals surface area (Å²) in [6.45, 7) is 0. The van der Waals surface area contributed by atoms with E-state index >= 15 is 0 Å². The van der Waals surface area contributed by atoms with Crippen molar-refractivity contribution in [2.45, 2.75) is 0 Å². The van der Waals surface area contributed by atoms with Crippen molar-refractivity contribution >= 4 is 42.8 Å². The maximum absolute atomic E-state index is 13.8. The van der Waals surface area contributed by atoms with Crippen molar-refractivity contribution in [3.63, 3.8) is 0 Å². The van der Waals surface area contributed by atoms with E-state index in [2.05, 4.69) is 31.9 Å². The summed E-state index contributed by atoms with van der Waals surface area (Å²) in [6.07, 6.45) is 0. The molecule has 0 fully saturated rings. The van der Waals surface area contributed by atoms with E-state index in [1.54, 1.807) is 12.1 Å². The van der Waals surface area contributed by atoms with E-state index in [-0.39, 0.29) is 5.82 Å². The number of rotatable bonds is 1. The molecule has 0 radical (unpaired) electrons. The van der Waals surface area contributed by atoms with Gasteiger partial charge in [0, 0.05) is 14.3 Å². The minimum Gasteiger partial charge on any atom is -0.456 e. The van der Waals surface area contributed by atoms with Gasteiger partial charge in [-0.2, -0.15) is 0 Å². The highest BCUT2D eigenvalue weighted by Gasteiger charge is 2.11. The lowest BCUT2D eigenvalue weighted by Gasteiger charge is -1.99. The number of furan rings is 1. The fraction of sp³-hybridized carbons (Fsp3) is 0. The maximum Gasteiger partial charge on any atom is 0.138 e. The Labute approximate surface area is 120 Å². The molecule has 4 heteroatoms. The van der Waals surface area contributed by atoms with Crippen LogP contribution in [0.5, 0.6) is 0 Å². The average molecular weight is 370 g/mol. The van der Waals surface area contributed by atoms with E-state index in [1.165, 1.54) is 6.07 Å². The van der Waals surface area contributed by atoms with Crippen LogP contribution in [0.15, 0.2) is 55.8 Å². The largest absolute Gasteiger partial charge is 0.456 e. The van der Waals surface area contributed by atoms with Crippen LogP contribution < -0.4 is 0 Å². The minimum absolute atomic E-state index is 0.303. The Kier molecular flexibility index (Phi) is 2.99. The highest BCUT2D eigenvalue weighted by molar-refractivity contribution is 9.10. The van der Waals surface area contributed by atoms with E-state index < -0.39 is 0 Å². The zero-order chi connectivity index (χ0) is 12.7. The smallest absolute Gasteiger partial charge is 0.138 e. The third-order valence-corrected chi connectivity index (χ3v) is 3.66. The maximum atomic E-state index is 13.8. The molecular formula is C14H7Br2FO. The Morgan fingerprint density at radius 2 is 1.61 bits per heavy atom. The Balaban J connectivity index is 2.19. The second-order valence-corrected chi connectivity index (χ2v) is 5.75. The summed E-state index contributed by atoms with van der Waals surface area (Å²) in [5.74, 6) is 0.232. The van der Waals surface area contributed by atoms with E-state index in [0.717, 1.165) is 15.4 Å². The standard InChI is InChI=1S/C14H7Br2FO/c15-9-2-4-13-8(5-9)6-14(18-13)11-3-1-10(16)7-12(11)17/h1-7H. The lowest BCUT2D eigenvalue weighted by Crippen LogP contribution is -1.81. The van der Waals surface area contributed by atoms with Crippen molar-refractivity contribution in [2.75, 3.05) is 0 Å². The summed E-state index contributed by atoms with van der Waals surface area (Å²) in [6, 6.07) is 12.5. The molecule has 0 bridgehead atoms. The second kappa shape index (κ2) is 4.52. The highest BCUT2D eigenvalue weighted by atomic mass is 79.9. The van der Waals surface area contributed by atoms with Gasteiger partial charge in [0.05, 0.1) is 5.56 Å². The van der Waals surface area contributed by atoms with Crippen LogP contribution >= 0.6 is 31.9 Å². The van der Waals surface area contributed by atoms with Crippen LogP contribution in [0.4, 0.5) is 4.39 Å². The fourth-order valence-electron chi connectivity index (χ4n) is 1.84. The van der Waals surface area contributed by atoms with Crippen molar-refractivity contribution in [3.05, 3.63) is 57.2 Å². The molecule has 1 heterocycles. The van der Waals surface area contributed by atoms with E-state index in [1.807, 2.05) is 24.3 Å². The molecule has 18 heavy (non-hydrogen) atoms. The summed E-state index contributed by atoms with van der Waals surface area (Å²) in [5.41, 5.74) is 1.21. The van der Waals surface area contributed by atoms with Gasteiger partial charge in [-0.05, 0) is 42.5 Å². The van der Waals surface area contributed by atoms with E-state index in [0.29, 0.717) is 15.8 Å². The molecule has 1 aromatic heterocycles. The van der Waals surface area contributed by atoms with Crippen molar-refractivity contribution in [1.29, 1.82) is 0 Å². The summed E-state index contributed by atoms with van der Waals surface area (Å²) in [7, 11) is 0. The normalized spacial score (nSPS) is 11.1. The molecule has 3 rings (SSSR count). The van der Waals surface area contributed by atoms with Crippen LogP contribution in [-0.4, -0.2) is 0 Å². The highest BCUT2D eigenvalue weighted by Crippen LogP contribution is 2.32. The topological polar surface area (TPSA) is 13.1 Å². The van der Waals surface area contributed by atoms with Gasteiger partial charge in [0.2, 0.25) is 0 Å². The van der Waals surface area contributed by atoms with Gasteiger partial charge in [0.25, 0.3) is 0 Å². The molecule has 90 valence electrons. The summed E-state index contributed by atoms with van der Waals surface area (Å²) in [5, 5.41) is 0.946. The molecular weight excluding hydrogens is 363 g/mol. The number of benzene rings is 2. The van der Waals surface area contributed by atoms with Gasteiger partial charge in [-0.3, -0.25) is 0 Å². The van der Waals surface area contributed by atoms with E-state index in [4.69, 9.17) is 4.42 Å². The molecule has 0 spiro atoms. The van der Waals surface area contributed by atoms with Gasteiger partial charge < -0.3 is 4.42 Å². The van der Waals surface area contributed by atoms with Crippen LogP contribution in [0.3, 0.4) is 0 Å². The molecule has 0 saturated heterocycles. The predicted octanol–water partition coefficient (Wildman–Crippen LogP) is 5.76. The van der Waals surface area contributed by atoms with Crippen LogP contribution in [0, 0.1) is 5.82 Å². The van der Waals surface area contributed by atoms with Crippen molar-refractivity contribution in [2.24, 2.45) is 0 Å². The average Bonchev–Trinajstić information content (AvgIpc) is 2.71. The third kappa shape index (κ3) is 2.10. The number of halogens is 3. The fourth-order valence-corrected chi connectivity index (χ4v) is 2.55. The Morgan fingerprint density at radius 3 is 2.39 bits per heavy atom. The SMILES string of the molecule is Fc1cc(Br)ccc1-c1cc2cc(Br)ccc2o1. The molecule has 0 aliphatic heterocycles.